The van der Waals surface area contributed by atoms with Crippen LogP contribution >= 0.6 is 11.6 Å². The number of pyridine rings is 1. The molecule has 108 valence electrons. The van der Waals surface area contributed by atoms with E-state index in [-0.39, 0.29) is 22.7 Å². The Morgan fingerprint density at radius 2 is 2.35 bits per heavy atom. The number of ether oxygens (including phenoxy) is 1. The molecule has 20 heavy (non-hydrogen) atoms. The fourth-order valence-electron chi connectivity index (χ4n) is 2.22. The SMILES string of the molecule is CCOC(=O)C1CCCN1C(=O)c1cnc(N)c(Cl)c1. The lowest BCUT2D eigenvalue weighted by Crippen LogP contribution is -2.41. The van der Waals surface area contributed by atoms with Crippen molar-refractivity contribution in [2.75, 3.05) is 18.9 Å². The summed E-state index contributed by atoms with van der Waals surface area (Å²) in [5.41, 5.74) is 5.84. The van der Waals surface area contributed by atoms with Gasteiger partial charge in [-0.25, -0.2) is 9.78 Å². The first-order chi connectivity index (χ1) is 9.54. The third-order valence-corrected chi connectivity index (χ3v) is 3.49. The quantitative estimate of drug-likeness (QED) is 0.854. The number of amides is 1. The first kappa shape index (κ1) is 14.6. The lowest BCUT2D eigenvalue weighted by Gasteiger charge is -2.23. The summed E-state index contributed by atoms with van der Waals surface area (Å²) in [4.78, 5) is 29.6. The molecule has 0 bridgehead atoms. The van der Waals surface area contributed by atoms with Gasteiger partial charge in [0.25, 0.3) is 5.91 Å². The number of hydrogen-bond acceptors (Lipinski definition) is 5. The number of hydrogen-bond donors (Lipinski definition) is 1. The minimum absolute atomic E-state index is 0.173. The summed E-state index contributed by atoms with van der Waals surface area (Å²) in [5, 5.41) is 0.225. The van der Waals surface area contributed by atoms with Gasteiger partial charge in [0.2, 0.25) is 0 Å². The molecule has 1 aliphatic rings. The van der Waals surface area contributed by atoms with E-state index < -0.39 is 6.04 Å². The monoisotopic (exact) mass is 297 g/mol. The predicted octanol–water partition coefficient (Wildman–Crippen LogP) is 1.48. The van der Waals surface area contributed by atoms with Gasteiger partial charge in [0.15, 0.2) is 0 Å². The number of carbonyl (C=O) groups excluding carboxylic acids is 2. The molecule has 1 unspecified atom stereocenters. The van der Waals surface area contributed by atoms with Crippen molar-refractivity contribution in [3.05, 3.63) is 22.8 Å². The molecule has 1 fully saturated rings. The predicted molar refractivity (Wildman–Crippen MR) is 74.4 cm³/mol. The van der Waals surface area contributed by atoms with Crippen LogP contribution < -0.4 is 5.73 Å². The fourth-order valence-corrected chi connectivity index (χ4v) is 2.39. The van der Waals surface area contributed by atoms with Gasteiger partial charge < -0.3 is 15.4 Å². The fraction of sp³-hybridized carbons (Fsp3) is 0.462. The molecular formula is C13H16ClN3O3. The normalized spacial score (nSPS) is 18.1. The minimum Gasteiger partial charge on any atom is -0.464 e. The molecule has 0 saturated carbocycles. The number of carbonyl (C=O) groups is 2. The smallest absolute Gasteiger partial charge is 0.328 e. The second-order valence-corrected chi connectivity index (χ2v) is 4.91. The summed E-state index contributed by atoms with van der Waals surface area (Å²) >= 11 is 5.86. The molecule has 1 saturated heterocycles. The zero-order valence-corrected chi connectivity index (χ0v) is 11.9. The molecule has 2 heterocycles. The van der Waals surface area contributed by atoms with Crippen LogP contribution in [0.5, 0.6) is 0 Å². The van der Waals surface area contributed by atoms with Crippen molar-refractivity contribution in [3.63, 3.8) is 0 Å². The van der Waals surface area contributed by atoms with Crippen molar-refractivity contribution in [2.24, 2.45) is 0 Å². The first-order valence-corrected chi connectivity index (χ1v) is 6.81. The summed E-state index contributed by atoms with van der Waals surface area (Å²) in [7, 11) is 0. The highest BCUT2D eigenvalue weighted by molar-refractivity contribution is 6.33. The lowest BCUT2D eigenvalue weighted by molar-refractivity contribution is -0.147. The Hall–Kier alpha value is -1.82. The third kappa shape index (κ3) is 2.85. The van der Waals surface area contributed by atoms with E-state index in [4.69, 9.17) is 22.1 Å². The van der Waals surface area contributed by atoms with Crippen molar-refractivity contribution < 1.29 is 14.3 Å². The highest BCUT2D eigenvalue weighted by Crippen LogP contribution is 2.23. The van der Waals surface area contributed by atoms with E-state index in [1.54, 1.807) is 6.92 Å². The largest absolute Gasteiger partial charge is 0.464 e. The summed E-state index contributed by atoms with van der Waals surface area (Å²) in [5.74, 6) is -0.477. The van der Waals surface area contributed by atoms with E-state index in [9.17, 15) is 9.59 Å². The number of nitrogens with two attached hydrogens (primary N) is 1. The molecule has 6 nitrogen and oxygen atoms in total. The van der Waals surface area contributed by atoms with Crippen LogP contribution in [0.3, 0.4) is 0 Å². The maximum atomic E-state index is 12.4. The van der Waals surface area contributed by atoms with Gasteiger partial charge in [0.1, 0.15) is 11.9 Å². The molecule has 1 aromatic heterocycles. The number of anilines is 1. The Kier molecular flexibility index (Phi) is 4.44. The Morgan fingerprint density at radius 1 is 1.60 bits per heavy atom. The van der Waals surface area contributed by atoms with Crippen LogP contribution in [0.25, 0.3) is 0 Å². The summed E-state index contributed by atoms with van der Waals surface area (Å²) in [6.07, 6.45) is 2.75. The standard InChI is InChI=1S/C13H16ClN3O3/c1-2-20-13(19)10-4-3-5-17(10)12(18)8-6-9(14)11(15)16-7-8/h6-7,10H,2-5H2,1H3,(H2,15,16). The average molecular weight is 298 g/mol. The molecule has 0 radical (unpaired) electrons. The van der Waals surface area contributed by atoms with Crippen molar-refractivity contribution >= 4 is 29.3 Å². The van der Waals surface area contributed by atoms with Crippen LogP contribution in [-0.4, -0.2) is 41.0 Å². The van der Waals surface area contributed by atoms with Crippen LogP contribution in [0.4, 0.5) is 5.82 Å². The van der Waals surface area contributed by atoms with Crippen LogP contribution in [0, 0.1) is 0 Å². The van der Waals surface area contributed by atoms with Gasteiger partial charge in [-0.15, -0.1) is 0 Å². The van der Waals surface area contributed by atoms with Gasteiger partial charge >= 0.3 is 5.97 Å². The number of esters is 1. The Labute approximate surface area is 121 Å². The Bertz CT molecular complexity index is 536. The zero-order valence-electron chi connectivity index (χ0n) is 11.1. The molecule has 0 aliphatic carbocycles. The van der Waals surface area contributed by atoms with E-state index in [0.29, 0.717) is 25.1 Å². The topological polar surface area (TPSA) is 85.5 Å². The van der Waals surface area contributed by atoms with Crippen LogP contribution in [0.1, 0.15) is 30.1 Å². The van der Waals surface area contributed by atoms with Crippen molar-refractivity contribution in [3.8, 4) is 0 Å². The second-order valence-electron chi connectivity index (χ2n) is 4.50. The molecule has 2 rings (SSSR count). The van der Waals surface area contributed by atoms with Crippen LogP contribution in [-0.2, 0) is 9.53 Å². The van der Waals surface area contributed by atoms with E-state index in [2.05, 4.69) is 4.98 Å². The Morgan fingerprint density at radius 3 is 3.00 bits per heavy atom. The maximum absolute atomic E-state index is 12.4. The van der Waals surface area contributed by atoms with E-state index in [0.717, 1.165) is 6.42 Å². The molecular weight excluding hydrogens is 282 g/mol. The minimum atomic E-state index is -0.529. The van der Waals surface area contributed by atoms with Gasteiger partial charge in [-0.1, -0.05) is 11.6 Å². The highest BCUT2D eigenvalue weighted by Gasteiger charge is 2.35. The molecule has 1 amide bonds. The zero-order chi connectivity index (χ0) is 14.7. The molecule has 0 aromatic carbocycles. The van der Waals surface area contributed by atoms with Gasteiger partial charge in [0, 0.05) is 12.7 Å². The number of likely N-dealkylation sites (tertiary alicyclic amines) is 1. The summed E-state index contributed by atoms with van der Waals surface area (Å²) in [6, 6.07) is 0.936. The number of nitrogens with zero attached hydrogens (tertiary/aromatic N) is 2. The van der Waals surface area contributed by atoms with E-state index in [1.165, 1.54) is 17.2 Å². The number of halogens is 1. The van der Waals surface area contributed by atoms with E-state index in [1.807, 2.05) is 0 Å². The summed E-state index contributed by atoms with van der Waals surface area (Å²) in [6.45, 7) is 2.56. The molecule has 1 aliphatic heterocycles. The van der Waals surface area contributed by atoms with Crippen molar-refractivity contribution in [1.82, 2.24) is 9.88 Å². The number of nitrogen functional groups attached to an aromatic ring is 1. The first-order valence-electron chi connectivity index (χ1n) is 6.43. The van der Waals surface area contributed by atoms with Crippen molar-refractivity contribution in [2.45, 2.75) is 25.8 Å². The molecule has 7 heteroatoms. The second kappa shape index (κ2) is 6.09. The number of rotatable bonds is 3. The van der Waals surface area contributed by atoms with Gasteiger partial charge in [0.05, 0.1) is 17.2 Å². The van der Waals surface area contributed by atoms with E-state index >= 15 is 0 Å². The highest BCUT2D eigenvalue weighted by atomic mass is 35.5. The van der Waals surface area contributed by atoms with Crippen molar-refractivity contribution in [1.29, 1.82) is 0 Å². The third-order valence-electron chi connectivity index (χ3n) is 3.19. The molecule has 1 aromatic rings. The molecule has 1 atom stereocenters. The summed E-state index contributed by atoms with van der Waals surface area (Å²) < 4.78 is 4.99. The van der Waals surface area contributed by atoms with Gasteiger partial charge in [-0.05, 0) is 25.8 Å². The van der Waals surface area contributed by atoms with Crippen LogP contribution in [0.15, 0.2) is 12.3 Å². The maximum Gasteiger partial charge on any atom is 0.328 e. The molecule has 0 spiro atoms. The Balaban J connectivity index is 2.18. The molecule has 2 N–H and O–H groups in total. The number of aromatic nitrogens is 1. The van der Waals surface area contributed by atoms with Crippen LogP contribution in [0.2, 0.25) is 5.02 Å². The van der Waals surface area contributed by atoms with Gasteiger partial charge in [-0.2, -0.15) is 0 Å². The van der Waals surface area contributed by atoms with Gasteiger partial charge in [-0.3, -0.25) is 4.79 Å². The lowest BCUT2D eigenvalue weighted by atomic mass is 10.2. The average Bonchev–Trinajstić information content (AvgIpc) is 2.90.